The zero-order valence-electron chi connectivity index (χ0n) is 18.0. The number of likely N-dealkylation sites (tertiary alicyclic amines) is 1. The molecule has 4 heterocycles. The third-order valence-electron chi connectivity index (χ3n) is 6.40. The quantitative estimate of drug-likeness (QED) is 0.574. The van der Waals surface area contributed by atoms with Gasteiger partial charge >= 0.3 is 11.8 Å². The molecule has 2 amide bonds. The van der Waals surface area contributed by atoms with Crippen molar-refractivity contribution in [3.63, 3.8) is 0 Å². The highest BCUT2D eigenvalue weighted by molar-refractivity contribution is 7.16. The van der Waals surface area contributed by atoms with Gasteiger partial charge in [0.05, 0.1) is 46.4 Å². The van der Waals surface area contributed by atoms with E-state index in [1.54, 1.807) is 16.2 Å². The van der Waals surface area contributed by atoms with Crippen LogP contribution in [0.5, 0.6) is 0 Å². The lowest BCUT2D eigenvalue weighted by Crippen LogP contribution is -2.46. The van der Waals surface area contributed by atoms with Gasteiger partial charge in [-0.25, -0.2) is 9.97 Å². The molecule has 0 spiro atoms. The number of piperidine rings is 1. The number of nitrogens with two attached hydrogens (primary N) is 1. The first-order valence-corrected chi connectivity index (χ1v) is 11.6. The fourth-order valence-corrected chi connectivity index (χ4v) is 5.36. The number of rotatable bonds is 2. The van der Waals surface area contributed by atoms with Crippen LogP contribution in [0.15, 0.2) is 29.9 Å². The lowest BCUT2D eigenvalue weighted by atomic mass is 9.89. The Morgan fingerprint density at radius 1 is 1.25 bits per heavy atom. The lowest BCUT2D eigenvalue weighted by molar-refractivity contribution is -0.146. The third-order valence-corrected chi connectivity index (χ3v) is 7.21. The molecule has 5 rings (SSSR count). The number of ether oxygens (including phenoxy) is 1. The fourth-order valence-electron chi connectivity index (χ4n) is 4.70. The van der Waals surface area contributed by atoms with Crippen molar-refractivity contribution >= 4 is 44.9 Å². The van der Waals surface area contributed by atoms with Gasteiger partial charge in [-0.1, -0.05) is 13.0 Å². The number of nitrogens with one attached hydrogen (secondary N) is 1. The topological polar surface area (TPSA) is 110 Å². The number of nitrogen functional groups attached to an aromatic ring is 1. The standard InChI is InChI=1S/C23H25N5O3S/c1-12-3-5-18(14-4-6-19-16(7-14)26-11-32-19)28(9-12)23(30)22(29)27-17-8-25-21(24)20-13(2)31-10-15(17)20/h4,6-8,11-13,18H,3,5,9-10H2,1-2H3,(H2,24,25)(H,27,29)/t12-,13?,18+/m0/s1. The molecule has 8 nitrogen and oxygen atoms in total. The summed E-state index contributed by atoms with van der Waals surface area (Å²) in [6.07, 6.45) is 3.10. The van der Waals surface area contributed by atoms with Crippen molar-refractivity contribution in [2.45, 2.75) is 45.4 Å². The number of carbonyl (C=O) groups is 2. The second-order valence-corrected chi connectivity index (χ2v) is 9.48. The number of aromatic nitrogens is 2. The normalized spacial score (nSPS) is 22.7. The molecular formula is C23H25N5O3S. The van der Waals surface area contributed by atoms with Crippen molar-refractivity contribution in [3.8, 4) is 0 Å². The van der Waals surface area contributed by atoms with Crippen molar-refractivity contribution in [2.24, 2.45) is 5.92 Å². The van der Waals surface area contributed by atoms with Crippen molar-refractivity contribution in [3.05, 3.63) is 46.6 Å². The van der Waals surface area contributed by atoms with Crippen LogP contribution in [-0.4, -0.2) is 33.2 Å². The van der Waals surface area contributed by atoms with Gasteiger partial charge in [-0.2, -0.15) is 0 Å². The van der Waals surface area contributed by atoms with Gasteiger partial charge in [-0.05, 0) is 43.4 Å². The minimum absolute atomic E-state index is 0.158. The van der Waals surface area contributed by atoms with Crippen LogP contribution in [0.4, 0.5) is 11.5 Å². The second-order valence-electron chi connectivity index (χ2n) is 8.59. The van der Waals surface area contributed by atoms with E-state index in [9.17, 15) is 9.59 Å². The Bertz CT molecular complexity index is 1210. The summed E-state index contributed by atoms with van der Waals surface area (Å²) in [5, 5.41) is 2.76. The SMILES string of the molecule is CC1OCc2c(NC(=O)C(=O)N3C[C@@H](C)CC[C@@H]3c3ccc4scnc4c3)cnc(N)c21. The number of fused-ring (bicyclic) bond motifs is 2. The molecule has 3 aromatic rings. The monoisotopic (exact) mass is 451 g/mol. The Hall–Kier alpha value is -3.04. The molecule has 0 aliphatic carbocycles. The highest BCUT2D eigenvalue weighted by Gasteiger charge is 2.35. The summed E-state index contributed by atoms with van der Waals surface area (Å²) in [6.45, 7) is 4.85. The number of pyridine rings is 1. The highest BCUT2D eigenvalue weighted by atomic mass is 32.1. The maximum absolute atomic E-state index is 13.3. The number of hydrogen-bond acceptors (Lipinski definition) is 7. The molecule has 166 valence electrons. The molecule has 1 unspecified atom stereocenters. The van der Waals surface area contributed by atoms with E-state index in [1.165, 1.54) is 6.20 Å². The fraction of sp³-hybridized carbons (Fsp3) is 0.391. The minimum atomic E-state index is -0.674. The Kier molecular flexibility index (Phi) is 5.30. The molecule has 3 atom stereocenters. The lowest BCUT2D eigenvalue weighted by Gasteiger charge is -2.38. The molecular weight excluding hydrogens is 426 g/mol. The first-order valence-electron chi connectivity index (χ1n) is 10.8. The van der Waals surface area contributed by atoms with E-state index in [1.807, 2.05) is 30.6 Å². The molecule has 1 fully saturated rings. The molecule has 2 aromatic heterocycles. The van der Waals surface area contributed by atoms with Crippen LogP contribution < -0.4 is 11.1 Å². The molecule has 3 N–H and O–H groups in total. The van der Waals surface area contributed by atoms with E-state index in [2.05, 4.69) is 22.2 Å². The average Bonchev–Trinajstić information content (AvgIpc) is 3.41. The first kappa shape index (κ1) is 20.8. The first-order chi connectivity index (χ1) is 15.4. The summed E-state index contributed by atoms with van der Waals surface area (Å²) >= 11 is 1.59. The number of anilines is 2. The largest absolute Gasteiger partial charge is 0.383 e. The zero-order chi connectivity index (χ0) is 22.4. The maximum Gasteiger partial charge on any atom is 0.313 e. The van der Waals surface area contributed by atoms with Gasteiger partial charge in [0.1, 0.15) is 5.82 Å². The van der Waals surface area contributed by atoms with Crippen LogP contribution in [0, 0.1) is 5.92 Å². The highest BCUT2D eigenvalue weighted by Crippen LogP contribution is 2.38. The van der Waals surface area contributed by atoms with Crippen molar-refractivity contribution in [2.75, 3.05) is 17.6 Å². The summed E-state index contributed by atoms with van der Waals surface area (Å²) in [6, 6.07) is 5.94. The van der Waals surface area contributed by atoms with Crippen molar-refractivity contribution in [1.82, 2.24) is 14.9 Å². The molecule has 1 saturated heterocycles. The molecule has 32 heavy (non-hydrogen) atoms. The summed E-state index contributed by atoms with van der Waals surface area (Å²) in [7, 11) is 0. The predicted octanol–water partition coefficient (Wildman–Crippen LogP) is 3.80. The van der Waals surface area contributed by atoms with Crippen LogP contribution >= 0.6 is 11.3 Å². The minimum Gasteiger partial charge on any atom is -0.383 e. The van der Waals surface area contributed by atoms with E-state index in [4.69, 9.17) is 10.5 Å². The average molecular weight is 452 g/mol. The predicted molar refractivity (Wildman–Crippen MR) is 123 cm³/mol. The van der Waals surface area contributed by atoms with Crippen LogP contribution in [0.2, 0.25) is 0 Å². The molecule has 0 bridgehead atoms. The summed E-state index contributed by atoms with van der Waals surface area (Å²) < 4.78 is 6.76. The maximum atomic E-state index is 13.3. The van der Waals surface area contributed by atoms with Gasteiger partial charge < -0.3 is 20.7 Å². The van der Waals surface area contributed by atoms with E-state index < -0.39 is 11.8 Å². The van der Waals surface area contributed by atoms with Gasteiger partial charge in [0.2, 0.25) is 0 Å². The molecule has 0 saturated carbocycles. The molecule has 1 aromatic carbocycles. The van der Waals surface area contributed by atoms with Gasteiger partial charge in [-0.15, -0.1) is 11.3 Å². The number of carbonyl (C=O) groups excluding carboxylic acids is 2. The summed E-state index contributed by atoms with van der Waals surface area (Å²) in [5.74, 6) is -0.510. The van der Waals surface area contributed by atoms with E-state index in [0.717, 1.165) is 39.7 Å². The van der Waals surface area contributed by atoms with Gasteiger partial charge in [-0.3, -0.25) is 9.59 Å². The summed E-state index contributed by atoms with van der Waals surface area (Å²) in [4.78, 5) is 36.6. The Morgan fingerprint density at radius 3 is 2.94 bits per heavy atom. The van der Waals surface area contributed by atoms with Crippen LogP contribution in [0.3, 0.4) is 0 Å². The second kappa shape index (κ2) is 8.14. The van der Waals surface area contributed by atoms with Crippen LogP contribution in [0.25, 0.3) is 10.2 Å². The molecule has 2 aliphatic heterocycles. The number of hydrogen-bond donors (Lipinski definition) is 2. The van der Waals surface area contributed by atoms with Crippen molar-refractivity contribution < 1.29 is 14.3 Å². The number of benzene rings is 1. The van der Waals surface area contributed by atoms with Gasteiger partial charge in [0.25, 0.3) is 0 Å². The molecule has 9 heteroatoms. The van der Waals surface area contributed by atoms with Crippen molar-refractivity contribution in [1.29, 1.82) is 0 Å². The Balaban J connectivity index is 1.40. The smallest absolute Gasteiger partial charge is 0.313 e. The Morgan fingerprint density at radius 2 is 2.09 bits per heavy atom. The van der Waals surface area contributed by atoms with Gasteiger partial charge in [0, 0.05) is 17.7 Å². The van der Waals surface area contributed by atoms with E-state index >= 15 is 0 Å². The number of nitrogens with zero attached hydrogens (tertiary/aromatic N) is 3. The molecule has 0 radical (unpaired) electrons. The van der Waals surface area contributed by atoms with Gasteiger partial charge in [0.15, 0.2) is 0 Å². The zero-order valence-corrected chi connectivity index (χ0v) is 18.8. The van der Waals surface area contributed by atoms with Crippen LogP contribution in [0.1, 0.15) is 55.5 Å². The van der Waals surface area contributed by atoms with E-state index in [-0.39, 0.29) is 12.1 Å². The number of thiazole rings is 1. The third kappa shape index (κ3) is 3.61. The van der Waals surface area contributed by atoms with E-state index in [0.29, 0.717) is 30.6 Å². The summed E-state index contributed by atoms with van der Waals surface area (Å²) in [5.41, 5.74) is 11.8. The molecule has 2 aliphatic rings. The van der Waals surface area contributed by atoms with Crippen LogP contribution in [-0.2, 0) is 20.9 Å². The number of amides is 2. The Labute approximate surface area is 189 Å².